The van der Waals surface area contributed by atoms with E-state index < -0.39 is 0 Å². The molecule has 3 nitrogen and oxygen atoms in total. The van der Waals surface area contributed by atoms with Crippen LogP contribution in [0.4, 0.5) is 5.69 Å². The highest BCUT2D eigenvalue weighted by Crippen LogP contribution is 2.14. The van der Waals surface area contributed by atoms with E-state index in [0.29, 0.717) is 13.0 Å². The molecule has 0 fully saturated rings. The number of halogens is 1. The molecule has 4 heteroatoms. The first-order chi connectivity index (χ1) is 10.5. The lowest BCUT2D eigenvalue weighted by Gasteiger charge is -2.10. The number of nitrogens with one attached hydrogen (secondary N) is 2. The van der Waals surface area contributed by atoms with Crippen LogP contribution in [-0.2, 0) is 17.8 Å². The number of hydrogen-bond acceptors (Lipinski definition) is 2. The molecule has 0 spiro atoms. The molecule has 2 rings (SSSR count). The zero-order valence-electron chi connectivity index (χ0n) is 12.9. The summed E-state index contributed by atoms with van der Waals surface area (Å²) >= 11 is 5.97. The van der Waals surface area contributed by atoms with Crippen LogP contribution in [0.25, 0.3) is 0 Å². The summed E-state index contributed by atoms with van der Waals surface area (Å²) in [6, 6.07) is 15.9. The van der Waals surface area contributed by atoms with Gasteiger partial charge in [-0.1, -0.05) is 35.9 Å². The van der Waals surface area contributed by atoms with Gasteiger partial charge in [0.25, 0.3) is 0 Å². The van der Waals surface area contributed by atoms with Crippen LogP contribution in [0.5, 0.6) is 0 Å². The summed E-state index contributed by atoms with van der Waals surface area (Å²) in [4.78, 5) is 11.7. The second-order valence-corrected chi connectivity index (χ2v) is 6.02. The minimum absolute atomic E-state index is 0.0506. The van der Waals surface area contributed by atoms with Crippen molar-refractivity contribution < 1.29 is 4.79 Å². The van der Waals surface area contributed by atoms with Gasteiger partial charge < -0.3 is 10.6 Å². The standard InChI is InChI=1S/C18H21ClN2O/c1-13(2)21-18(22)11-14-6-8-17(9-7-14)20-12-15-4-3-5-16(19)10-15/h3-10,13,20H,11-12H2,1-2H3,(H,21,22). The zero-order chi connectivity index (χ0) is 15.9. The van der Waals surface area contributed by atoms with E-state index in [1.54, 1.807) is 0 Å². The van der Waals surface area contributed by atoms with E-state index in [-0.39, 0.29) is 11.9 Å². The fraction of sp³-hybridized carbons (Fsp3) is 0.278. The van der Waals surface area contributed by atoms with Crippen molar-refractivity contribution in [1.82, 2.24) is 5.32 Å². The summed E-state index contributed by atoms with van der Waals surface area (Å²) in [5, 5.41) is 6.97. The van der Waals surface area contributed by atoms with E-state index >= 15 is 0 Å². The predicted molar refractivity (Wildman–Crippen MR) is 92.2 cm³/mol. The van der Waals surface area contributed by atoms with Crippen LogP contribution in [-0.4, -0.2) is 11.9 Å². The number of carbonyl (C=O) groups is 1. The van der Waals surface area contributed by atoms with Gasteiger partial charge >= 0.3 is 0 Å². The Hall–Kier alpha value is -2.00. The van der Waals surface area contributed by atoms with Gasteiger partial charge in [-0.3, -0.25) is 4.79 Å². The highest BCUT2D eigenvalue weighted by atomic mass is 35.5. The lowest BCUT2D eigenvalue weighted by molar-refractivity contribution is -0.120. The largest absolute Gasteiger partial charge is 0.381 e. The molecule has 0 saturated heterocycles. The highest BCUT2D eigenvalue weighted by Gasteiger charge is 2.04. The molecular formula is C18H21ClN2O. The summed E-state index contributed by atoms with van der Waals surface area (Å²) in [7, 11) is 0. The van der Waals surface area contributed by atoms with Crippen LogP contribution in [0.1, 0.15) is 25.0 Å². The minimum atomic E-state index is 0.0506. The molecule has 0 aromatic heterocycles. The van der Waals surface area contributed by atoms with Crippen molar-refractivity contribution in [1.29, 1.82) is 0 Å². The van der Waals surface area contributed by atoms with Crippen molar-refractivity contribution in [3.05, 3.63) is 64.7 Å². The smallest absolute Gasteiger partial charge is 0.224 e. The molecule has 2 aromatic rings. The van der Waals surface area contributed by atoms with Crippen molar-refractivity contribution in [3.8, 4) is 0 Å². The molecule has 0 aliphatic rings. The summed E-state index contributed by atoms with van der Waals surface area (Å²) in [6.45, 7) is 4.63. The van der Waals surface area contributed by atoms with Gasteiger partial charge in [0.15, 0.2) is 0 Å². The van der Waals surface area contributed by atoms with Crippen LogP contribution < -0.4 is 10.6 Å². The van der Waals surface area contributed by atoms with E-state index in [1.165, 1.54) is 0 Å². The molecule has 0 bridgehead atoms. The molecule has 0 heterocycles. The molecule has 116 valence electrons. The summed E-state index contributed by atoms with van der Waals surface area (Å²) < 4.78 is 0. The normalized spacial score (nSPS) is 10.5. The first-order valence-corrected chi connectivity index (χ1v) is 7.77. The fourth-order valence-corrected chi connectivity index (χ4v) is 2.36. The fourth-order valence-electron chi connectivity index (χ4n) is 2.15. The maximum Gasteiger partial charge on any atom is 0.224 e. The molecule has 1 amide bonds. The SMILES string of the molecule is CC(C)NC(=O)Cc1ccc(NCc2cccc(Cl)c2)cc1. The van der Waals surface area contributed by atoms with Crippen LogP contribution >= 0.6 is 11.6 Å². The molecule has 2 aromatic carbocycles. The molecule has 0 saturated carbocycles. The number of rotatable bonds is 6. The van der Waals surface area contributed by atoms with E-state index in [1.807, 2.05) is 62.4 Å². The number of amides is 1. The Labute approximate surface area is 136 Å². The maximum absolute atomic E-state index is 11.7. The number of hydrogen-bond donors (Lipinski definition) is 2. The molecule has 0 aliphatic heterocycles. The first-order valence-electron chi connectivity index (χ1n) is 7.39. The molecule has 0 unspecified atom stereocenters. The second-order valence-electron chi connectivity index (χ2n) is 5.58. The van der Waals surface area contributed by atoms with Gasteiger partial charge in [0.2, 0.25) is 5.91 Å². The van der Waals surface area contributed by atoms with E-state index in [0.717, 1.165) is 21.8 Å². The van der Waals surface area contributed by atoms with Gasteiger partial charge in [0.05, 0.1) is 6.42 Å². The summed E-state index contributed by atoms with van der Waals surface area (Å²) in [5.74, 6) is 0.0506. The first kappa shape index (κ1) is 16.4. The molecule has 0 atom stereocenters. The average molecular weight is 317 g/mol. The third kappa shape index (κ3) is 5.41. The van der Waals surface area contributed by atoms with Gasteiger partial charge in [-0.25, -0.2) is 0 Å². The third-order valence-electron chi connectivity index (χ3n) is 3.15. The predicted octanol–water partition coefficient (Wildman–Crippen LogP) is 4.02. The average Bonchev–Trinajstić information content (AvgIpc) is 2.46. The summed E-state index contributed by atoms with van der Waals surface area (Å²) in [5.41, 5.74) is 3.16. The van der Waals surface area contributed by atoms with E-state index in [9.17, 15) is 4.79 Å². The quantitative estimate of drug-likeness (QED) is 0.845. The Morgan fingerprint density at radius 3 is 2.45 bits per heavy atom. The summed E-state index contributed by atoms with van der Waals surface area (Å²) in [6.07, 6.45) is 0.409. The zero-order valence-corrected chi connectivity index (χ0v) is 13.7. The van der Waals surface area contributed by atoms with E-state index in [4.69, 9.17) is 11.6 Å². The van der Waals surface area contributed by atoms with Gasteiger partial charge in [0.1, 0.15) is 0 Å². The Morgan fingerprint density at radius 2 is 1.82 bits per heavy atom. The maximum atomic E-state index is 11.7. The van der Waals surface area contributed by atoms with Gasteiger partial charge in [0, 0.05) is 23.3 Å². The van der Waals surface area contributed by atoms with Gasteiger partial charge in [-0.05, 0) is 49.2 Å². The second kappa shape index (κ2) is 7.85. The van der Waals surface area contributed by atoms with Crippen LogP contribution in [0.15, 0.2) is 48.5 Å². The van der Waals surface area contributed by atoms with Crippen LogP contribution in [0.2, 0.25) is 5.02 Å². The molecular weight excluding hydrogens is 296 g/mol. The van der Waals surface area contributed by atoms with Crippen molar-refractivity contribution in [2.45, 2.75) is 32.9 Å². The number of benzene rings is 2. The lowest BCUT2D eigenvalue weighted by atomic mass is 10.1. The molecule has 0 radical (unpaired) electrons. The lowest BCUT2D eigenvalue weighted by Crippen LogP contribution is -2.31. The Kier molecular flexibility index (Phi) is 5.84. The van der Waals surface area contributed by atoms with Crippen LogP contribution in [0.3, 0.4) is 0 Å². The Bertz CT molecular complexity index is 623. The Balaban J connectivity index is 1.88. The number of anilines is 1. The van der Waals surface area contributed by atoms with Crippen LogP contribution in [0, 0.1) is 0 Å². The van der Waals surface area contributed by atoms with Crippen molar-refractivity contribution in [2.75, 3.05) is 5.32 Å². The molecule has 0 aliphatic carbocycles. The van der Waals surface area contributed by atoms with Gasteiger partial charge in [-0.2, -0.15) is 0 Å². The Morgan fingerprint density at radius 1 is 1.09 bits per heavy atom. The monoisotopic (exact) mass is 316 g/mol. The molecule has 2 N–H and O–H groups in total. The molecule has 22 heavy (non-hydrogen) atoms. The van der Waals surface area contributed by atoms with Crippen molar-refractivity contribution in [2.24, 2.45) is 0 Å². The number of carbonyl (C=O) groups excluding carboxylic acids is 1. The highest BCUT2D eigenvalue weighted by molar-refractivity contribution is 6.30. The topological polar surface area (TPSA) is 41.1 Å². The van der Waals surface area contributed by atoms with Gasteiger partial charge in [-0.15, -0.1) is 0 Å². The third-order valence-corrected chi connectivity index (χ3v) is 3.39. The van der Waals surface area contributed by atoms with E-state index in [2.05, 4.69) is 10.6 Å². The minimum Gasteiger partial charge on any atom is -0.381 e. The van der Waals surface area contributed by atoms with Crippen molar-refractivity contribution >= 4 is 23.2 Å². The van der Waals surface area contributed by atoms with Crippen molar-refractivity contribution in [3.63, 3.8) is 0 Å².